The number of urea groups is 1. The zero-order valence-corrected chi connectivity index (χ0v) is 9.08. The van der Waals surface area contributed by atoms with E-state index < -0.39 is 0 Å². The lowest BCUT2D eigenvalue weighted by atomic mass is 10.3. The number of benzene rings is 1. The number of aromatic amines is 1. The van der Waals surface area contributed by atoms with E-state index in [1.165, 1.54) is 0 Å². The van der Waals surface area contributed by atoms with Gasteiger partial charge < -0.3 is 10.3 Å². The first-order valence-electron chi connectivity index (χ1n) is 5.29. The standard InChI is InChI=1S/C11H14N4O/c1-2-7-12-11(16)15-10-13-8-5-3-4-6-9(8)14-10/h3-6H,2,7H2,1H3,(H3,12,13,14,15,16). The van der Waals surface area contributed by atoms with Crippen LogP contribution >= 0.6 is 0 Å². The molecule has 2 aromatic rings. The Bertz CT molecular complexity index is 458. The van der Waals surface area contributed by atoms with Crippen LogP contribution in [0.4, 0.5) is 10.7 Å². The van der Waals surface area contributed by atoms with Gasteiger partial charge in [-0.15, -0.1) is 0 Å². The molecule has 84 valence electrons. The number of rotatable bonds is 3. The summed E-state index contributed by atoms with van der Waals surface area (Å²) in [5.74, 6) is 0.467. The SMILES string of the molecule is CCCNC(=O)Nc1nc2ccccc2[nH]1. The Morgan fingerprint density at radius 1 is 1.44 bits per heavy atom. The molecular formula is C11H14N4O. The van der Waals surface area contributed by atoms with Gasteiger partial charge in [0.2, 0.25) is 5.95 Å². The van der Waals surface area contributed by atoms with Gasteiger partial charge in [-0.25, -0.2) is 9.78 Å². The topological polar surface area (TPSA) is 69.8 Å². The zero-order valence-electron chi connectivity index (χ0n) is 9.08. The first-order chi connectivity index (χ1) is 7.79. The summed E-state index contributed by atoms with van der Waals surface area (Å²) in [7, 11) is 0. The van der Waals surface area contributed by atoms with Crippen molar-refractivity contribution in [3.63, 3.8) is 0 Å². The predicted molar refractivity (Wildman–Crippen MR) is 63.4 cm³/mol. The fraction of sp³-hybridized carbons (Fsp3) is 0.273. The highest BCUT2D eigenvalue weighted by molar-refractivity contribution is 5.89. The van der Waals surface area contributed by atoms with Crippen LogP contribution in [-0.4, -0.2) is 22.5 Å². The number of aromatic nitrogens is 2. The Balaban J connectivity index is 2.07. The van der Waals surface area contributed by atoms with Crippen molar-refractivity contribution in [2.75, 3.05) is 11.9 Å². The Labute approximate surface area is 93.3 Å². The van der Waals surface area contributed by atoms with Crippen LogP contribution in [0.2, 0.25) is 0 Å². The molecule has 0 aliphatic rings. The zero-order chi connectivity index (χ0) is 11.4. The molecule has 1 heterocycles. The smallest absolute Gasteiger partial charge is 0.321 e. The number of anilines is 1. The molecule has 3 N–H and O–H groups in total. The van der Waals surface area contributed by atoms with Crippen LogP contribution < -0.4 is 10.6 Å². The van der Waals surface area contributed by atoms with Crippen LogP contribution in [0.3, 0.4) is 0 Å². The largest absolute Gasteiger partial charge is 0.338 e. The highest BCUT2D eigenvalue weighted by atomic mass is 16.2. The molecule has 0 aliphatic heterocycles. The number of nitrogens with zero attached hydrogens (tertiary/aromatic N) is 1. The Morgan fingerprint density at radius 2 is 2.25 bits per heavy atom. The minimum atomic E-state index is -0.235. The third-order valence-electron chi connectivity index (χ3n) is 2.16. The van der Waals surface area contributed by atoms with Crippen LogP contribution in [0.1, 0.15) is 13.3 Å². The van der Waals surface area contributed by atoms with E-state index in [0.29, 0.717) is 12.5 Å². The molecule has 0 saturated carbocycles. The van der Waals surface area contributed by atoms with E-state index in [4.69, 9.17) is 0 Å². The minimum absolute atomic E-state index is 0.235. The molecule has 16 heavy (non-hydrogen) atoms. The summed E-state index contributed by atoms with van der Waals surface area (Å²) in [6.07, 6.45) is 0.910. The summed E-state index contributed by atoms with van der Waals surface area (Å²) in [5.41, 5.74) is 1.75. The van der Waals surface area contributed by atoms with Gasteiger partial charge in [0.1, 0.15) is 0 Å². The normalized spacial score (nSPS) is 10.3. The van der Waals surface area contributed by atoms with Crippen molar-refractivity contribution in [2.24, 2.45) is 0 Å². The average molecular weight is 218 g/mol. The maximum atomic E-state index is 11.4. The van der Waals surface area contributed by atoms with Gasteiger partial charge in [0.05, 0.1) is 11.0 Å². The van der Waals surface area contributed by atoms with Crippen molar-refractivity contribution in [3.05, 3.63) is 24.3 Å². The summed E-state index contributed by atoms with van der Waals surface area (Å²) in [4.78, 5) is 18.6. The molecule has 0 saturated heterocycles. The van der Waals surface area contributed by atoms with E-state index in [-0.39, 0.29) is 6.03 Å². The number of nitrogens with one attached hydrogen (secondary N) is 3. The van der Waals surface area contributed by atoms with Crippen molar-refractivity contribution < 1.29 is 4.79 Å². The highest BCUT2D eigenvalue weighted by Crippen LogP contribution is 2.12. The fourth-order valence-corrected chi connectivity index (χ4v) is 1.40. The Hall–Kier alpha value is -2.04. The highest BCUT2D eigenvalue weighted by Gasteiger charge is 2.04. The monoisotopic (exact) mass is 218 g/mol. The number of amides is 2. The van der Waals surface area contributed by atoms with Crippen LogP contribution in [0.5, 0.6) is 0 Å². The maximum Gasteiger partial charge on any atom is 0.321 e. The first kappa shape index (κ1) is 10.5. The molecule has 0 fully saturated rings. The molecule has 5 nitrogen and oxygen atoms in total. The maximum absolute atomic E-state index is 11.4. The molecule has 2 amide bonds. The lowest BCUT2D eigenvalue weighted by Crippen LogP contribution is -2.29. The number of imidazole rings is 1. The van der Waals surface area contributed by atoms with Crippen molar-refractivity contribution in [1.82, 2.24) is 15.3 Å². The van der Waals surface area contributed by atoms with Crippen molar-refractivity contribution in [1.29, 1.82) is 0 Å². The first-order valence-corrected chi connectivity index (χ1v) is 5.29. The summed E-state index contributed by atoms with van der Waals surface area (Å²) in [6, 6.07) is 7.39. The quantitative estimate of drug-likeness (QED) is 0.738. The second-order valence-corrected chi connectivity index (χ2v) is 3.48. The second kappa shape index (κ2) is 4.65. The minimum Gasteiger partial charge on any atom is -0.338 e. The average Bonchev–Trinajstić information content (AvgIpc) is 2.68. The van der Waals surface area contributed by atoms with E-state index in [9.17, 15) is 4.79 Å². The van der Waals surface area contributed by atoms with Gasteiger partial charge >= 0.3 is 6.03 Å². The van der Waals surface area contributed by atoms with E-state index in [1.54, 1.807) is 0 Å². The van der Waals surface area contributed by atoms with E-state index in [0.717, 1.165) is 17.5 Å². The third-order valence-corrected chi connectivity index (χ3v) is 2.16. The van der Waals surface area contributed by atoms with Crippen LogP contribution in [-0.2, 0) is 0 Å². The molecule has 5 heteroatoms. The number of hydrogen-bond acceptors (Lipinski definition) is 2. The fourth-order valence-electron chi connectivity index (χ4n) is 1.40. The molecule has 2 rings (SSSR count). The number of hydrogen-bond donors (Lipinski definition) is 3. The van der Waals surface area contributed by atoms with Gasteiger partial charge in [0.25, 0.3) is 0 Å². The van der Waals surface area contributed by atoms with E-state index in [1.807, 2.05) is 31.2 Å². The molecule has 0 aliphatic carbocycles. The molecule has 0 atom stereocenters. The number of H-pyrrole nitrogens is 1. The van der Waals surface area contributed by atoms with Gasteiger partial charge in [-0.05, 0) is 18.6 Å². The van der Waals surface area contributed by atoms with Gasteiger partial charge in [0, 0.05) is 6.54 Å². The molecule has 0 radical (unpaired) electrons. The van der Waals surface area contributed by atoms with Crippen molar-refractivity contribution >= 4 is 23.0 Å². The van der Waals surface area contributed by atoms with Gasteiger partial charge in [-0.3, -0.25) is 5.32 Å². The summed E-state index contributed by atoms with van der Waals surface area (Å²) >= 11 is 0. The third kappa shape index (κ3) is 2.31. The number of carbonyl (C=O) groups excluding carboxylic acids is 1. The summed E-state index contributed by atoms with van der Waals surface area (Å²) in [6.45, 7) is 2.66. The van der Waals surface area contributed by atoms with Crippen molar-refractivity contribution in [2.45, 2.75) is 13.3 Å². The van der Waals surface area contributed by atoms with Gasteiger partial charge in [-0.2, -0.15) is 0 Å². The molecule has 1 aromatic carbocycles. The molecule has 0 unspecified atom stereocenters. The number of carbonyl (C=O) groups is 1. The van der Waals surface area contributed by atoms with Crippen LogP contribution in [0, 0.1) is 0 Å². The second-order valence-electron chi connectivity index (χ2n) is 3.48. The molecule has 1 aromatic heterocycles. The molecular weight excluding hydrogens is 204 g/mol. The molecule has 0 spiro atoms. The van der Waals surface area contributed by atoms with Crippen LogP contribution in [0.25, 0.3) is 11.0 Å². The van der Waals surface area contributed by atoms with Gasteiger partial charge in [-0.1, -0.05) is 19.1 Å². The number of fused-ring (bicyclic) bond motifs is 1. The Kier molecular flexibility index (Phi) is 3.05. The van der Waals surface area contributed by atoms with E-state index >= 15 is 0 Å². The number of para-hydroxylation sites is 2. The lowest BCUT2D eigenvalue weighted by Gasteiger charge is -2.02. The summed E-state index contributed by atoms with van der Waals surface area (Å²) < 4.78 is 0. The summed E-state index contributed by atoms with van der Waals surface area (Å²) in [5, 5.41) is 5.36. The lowest BCUT2D eigenvalue weighted by molar-refractivity contribution is 0.252. The van der Waals surface area contributed by atoms with Gasteiger partial charge in [0.15, 0.2) is 0 Å². The Morgan fingerprint density at radius 3 is 3.00 bits per heavy atom. The van der Waals surface area contributed by atoms with E-state index in [2.05, 4.69) is 20.6 Å². The van der Waals surface area contributed by atoms with Crippen molar-refractivity contribution in [3.8, 4) is 0 Å². The molecule has 0 bridgehead atoms. The predicted octanol–water partition coefficient (Wildman–Crippen LogP) is 2.09. The van der Waals surface area contributed by atoms with Crippen LogP contribution in [0.15, 0.2) is 24.3 Å².